The molecule has 0 saturated carbocycles. The van der Waals surface area contributed by atoms with Crippen molar-refractivity contribution in [3.05, 3.63) is 60.2 Å². The number of carbonyl (C=O) groups is 2. The van der Waals surface area contributed by atoms with E-state index in [0.29, 0.717) is 17.9 Å². The van der Waals surface area contributed by atoms with Gasteiger partial charge in [-0.05, 0) is 49.2 Å². The predicted octanol–water partition coefficient (Wildman–Crippen LogP) is 3.48. The molecule has 0 aromatic heterocycles. The highest BCUT2D eigenvalue weighted by molar-refractivity contribution is 6.01. The minimum Gasteiger partial charge on any atom is -0.494 e. The number of amides is 2. The molecule has 0 saturated heterocycles. The van der Waals surface area contributed by atoms with E-state index in [2.05, 4.69) is 10.6 Å². The Morgan fingerprint density at radius 1 is 1.00 bits per heavy atom. The third-order valence-electron chi connectivity index (χ3n) is 3.70. The molecule has 1 atom stereocenters. The van der Waals surface area contributed by atoms with Gasteiger partial charge >= 0.3 is 0 Å². The molecule has 0 fully saturated rings. The lowest BCUT2D eigenvalue weighted by Crippen LogP contribution is -2.47. The number of ether oxygens (including phenoxy) is 1. The first kappa shape index (κ1) is 18.5. The largest absolute Gasteiger partial charge is 0.494 e. The average molecular weight is 340 g/mol. The predicted molar refractivity (Wildman–Crippen MR) is 98.8 cm³/mol. The molecule has 0 spiro atoms. The van der Waals surface area contributed by atoms with Gasteiger partial charge in [-0.15, -0.1) is 0 Å². The molecular weight excluding hydrogens is 316 g/mol. The van der Waals surface area contributed by atoms with Gasteiger partial charge < -0.3 is 15.4 Å². The second-order valence-corrected chi connectivity index (χ2v) is 6.01. The molecule has 0 aliphatic carbocycles. The lowest BCUT2D eigenvalue weighted by Gasteiger charge is -2.22. The molecule has 2 N–H and O–H groups in total. The third kappa shape index (κ3) is 5.35. The van der Waals surface area contributed by atoms with E-state index in [-0.39, 0.29) is 17.7 Å². The SMILES string of the molecule is CCOc1ccc(NC(=O)[C@@H](NC(=O)c2ccccc2)C(C)C)cc1. The van der Waals surface area contributed by atoms with Crippen LogP contribution in [0, 0.1) is 5.92 Å². The van der Waals surface area contributed by atoms with E-state index in [1.165, 1.54) is 0 Å². The van der Waals surface area contributed by atoms with Crippen LogP contribution in [0.3, 0.4) is 0 Å². The van der Waals surface area contributed by atoms with Gasteiger partial charge in [-0.2, -0.15) is 0 Å². The maximum Gasteiger partial charge on any atom is 0.251 e. The Kier molecular flexibility index (Phi) is 6.57. The molecule has 2 rings (SSSR count). The van der Waals surface area contributed by atoms with E-state index in [4.69, 9.17) is 4.74 Å². The van der Waals surface area contributed by atoms with Crippen molar-refractivity contribution >= 4 is 17.5 Å². The zero-order valence-corrected chi connectivity index (χ0v) is 14.8. The van der Waals surface area contributed by atoms with Gasteiger partial charge in [0.05, 0.1) is 6.61 Å². The third-order valence-corrected chi connectivity index (χ3v) is 3.70. The Morgan fingerprint density at radius 2 is 1.64 bits per heavy atom. The topological polar surface area (TPSA) is 67.4 Å². The number of benzene rings is 2. The molecule has 132 valence electrons. The van der Waals surface area contributed by atoms with E-state index in [9.17, 15) is 9.59 Å². The molecule has 0 radical (unpaired) electrons. The summed E-state index contributed by atoms with van der Waals surface area (Å²) in [6.45, 7) is 6.30. The minimum atomic E-state index is -0.626. The van der Waals surface area contributed by atoms with Crippen LogP contribution < -0.4 is 15.4 Å². The van der Waals surface area contributed by atoms with E-state index in [0.717, 1.165) is 5.75 Å². The zero-order chi connectivity index (χ0) is 18.2. The van der Waals surface area contributed by atoms with Gasteiger partial charge in [0, 0.05) is 11.3 Å². The smallest absolute Gasteiger partial charge is 0.251 e. The zero-order valence-electron chi connectivity index (χ0n) is 14.8. The highest BCUT2D eigenvalue weighted by Gasteiger charge is 2.24. The highest BCUT2D eigenvalue weighted by atomic mass is 16.5. The Hall–Kier alpha value is -2.82. The van der Waals surface area contributed by atoms with E-state index >= 15 is 0 Å². The van der Waals surface area contributed by atoms with E-state index < -0.39 is 6.04 Å². The fourth-order valence-corrected chi connectivity index (χ4v) is 2.37. The average Bonchev–Trinajstić information content (AvgIpc) is 2.61. The van der Waals surface area contributed by atoms with Crippen molar-refractivity contribution in [3.8, 4) is 5.75 Å². The van der Waals surface area contributed by atoms with Crippen LogP contribution in [-0.4, -0.2) is 24.5 Å². The van der Waals surface area contributed by atoms with Crippen molar-refractivity contribution in [2.75, 3.05) is 11.9 Å². The lowest BCUT2D eigenvalue weighted by molar-refractivity contribution is -0.118. The summed E-state index contributed by atoms with van der Waals surface area (Å²) in [5.74, 6) is 0.193. The first-order chi connectivity index (χ1) is 12.0. The van der Waals surface area contributed by atoms with Gasteiger partial charge in [-0.3, -0.25) is 9.59 Å². The maximum atomic E-state index is 12.6. The van der Waals surface area contributed by atoms with Crippen LogP contribution in [-0.2, 0) is 4.79 Å². The van der Waals surface area contributed by atoms with Gasteiger partial charge in [0.15, 0.2) is 0 Å². The summed E-state index contributed by atoms with van der Waals surface area (Å²) in [7, 11) is 0. The second kappa shape index (κ2) is 8.87. The fraction of sp³-hybridized carbons (Fsp3) is 0.300. The molecule has 2 aromatic rings. The maximum absolute atomic E-state index is 12.6. The Bertz CT molecular complexity index is 697. The van der Waals surface area contributed by atoms with Gasteiger partial charge in [0.25, 0.3) is 5.91 Å². The van der Waals surface area contributed by atoms with E-state index in [1.54, 1.807) is 48.5 Å². The minimum absolute atomic E-state index is 0.0460. The number of anilines is 1. The van der Waals surface area contributed by atoms with Crippen LogP contribution in [0.4, 0.5) is 5.69 Å². The van der Waals surface area contributed by atoms with Crippen molar-refractivity contribution in [2.45, 2.75) is 26.8 Å². The molecule has 2 amide bonds. The van der Waals surface area contributed by atoms with Gasteiger partial charge in [-0.25, -0.2) is 0 Å². The van der Waals surface area contributed by atoms with Crippen LogP contribution in [0.2, 0.25) is 0 Å². The lowest BCUT2D eigenvalue weighted by atomic mass is 10.0. The summed E-state index contributed by atoms with van der Waals surface area (Å²) in [5, 5.41) is 5.65. The van der Waals surface area contributed by atoms with Crippen molar-refractivity contribution in [3.63, 3.8) is 0 Å². The van der Waals surface area contributed by atoms with Crippen LogP contribution in [0.5, 0.6) is 5.75 Å². The van der Waals surface area contributed by atoms with Crippen molar-refractivity contribution in [2.24, 2.45) is 5.92 Å². The van der Waals surface area contributed by atoms with Gasteiger partial charge in [0.2, 0.25) is 5.91 Å². The molecule has 2 aromatic carbocycles. The standard InChI is InChI=1S/C20H24N2O3/c1-4-25-17-12-10-16(11-13-17)21-20(24)18(14(2)3)22-19(23)15-8-6-5-7-9-15/h5-14,18H,4H2,1-3H3,(H,21,24)(H,22,23)/t18-/m0/s1. The molecule has 5 heteroatoms. The summed E-state index contributed by atoms with van der Waals surface area (Å²) < 4.78 is 5.38. The van der Waals surface area contributed by atoms with Crippen LogP contribution in [0.25, 0.3) is 0 Å². The monoisotopic (exact) mass is 340 g/mol. The quantitative estimate of drug-likeness (QED) is 0.811. The van der Waals surface area contributed by atoms with Crippen LogP contribution >= 0.6 is 0 Å². The number of nitrogens with one attached hydrogen (secondary N) is 2. The van der Waals surface area contributed by atoms with E-state index in [1.807, 2.05) is 26.8 Å². The Labute approximate surface area is 148 Å². The molecular formula is C20H24N2O3. The second-order valence-electron chi connectivity index (χ2n) is 6.01. The molecule has 0 aliphatic rings. The van der Waals surface area contributed by atoms with Crippen molar-refractivity contribution < 1.29 is 14.3 Å². The number of rotatable bonds is 7. The summed E-state index contributed by atoms with van der Waals surface area (Å²) in [4.78, 5) is 24.9. The summed E-state index contributed by atoms with van der Waals surface area (Å²) in [6.07, 6.45) is 0. The molecule has 25 heavy (non-hydrogen) atoms. The van der Waals surface area contributed by atoms with Crippen LogP contribution in [0.15, 0.2) is 54.6 Å². The number of carbonyl (C=O) groups excluding carboxylic acids is 2. The first-order valence-electron chi connectivity index (χ1n) is 8.41. The van der Waals surface area contributed by atoms with Crippen molar-refractivity contribution in [1.29, 1.82) is 0 Å². The Morgan fingerprint density at radius 3 is 2.20 bits per heavy atom. The number of hydrogen-bond donors (Lipinski definition) is 2. The summed E-state index contributed by atoms with van der Waals surface area (Å²) >= 11 is 0. The Balaban J connectivity index is 2.03. The van der Waals surface area contributed by atoms with Crippen LogP contribution in [0.1, 0.15) is 31.1 Å². The normalized spacial score (nSPS) is 11.7. The fourth-order valence-electron chi connectivity index (χ4n) is 2.37. The summed E-state index contributed by atoms with van der Waals surface area (Å²) in [6, 6.07) is 15.4. The first-order valence-corrected chi connectivity index (χ1v) is 8.41. The molecule has 5 nitrogen and oxygen atoms in total. The highest BCUT2D eigenvalue weighted by Crippen LogP contribution is 2.16. The van der Waals surface area contributed by atoms with Gasteiger partial charge in [0.1, 0.15) is 11.8 Å². The number of hydrogen-bond acceptors (Lipinski definition) is 3. The molecule has 0 unspecified atom stereocenters. The summed E-state index contributed by atoms with van der Waals surface area (Å²) in [5.41, 5.74) is 1.19. The molecule has 0 aliphatic heterocycles. The van der Waals surface area contributed by atoms with Crippen molar-refractivity contribution in [1.82, 2.24) is 5.32 Å². The molecule has 0 heterocycles. The molecule has 0 bridgehead atoms. The van der Waals surface area contributed by atoms with Gasteiger partial charge in [-0.1, -0.05) is 32.0 Å².